The summed E-state index contributed by atoms with van der Waals surface area (Å²) in [5.41, 5.74) is -0.953. The van der Waals surface area contributed by atoms with Gasteiger partial charge < -0.3 is 23.4 Å². The summed E-state index contributed by atoms with van der Waals surface area (Å²) in [6.45, 7) is 6.82. The summed E-state index contributed by atoms with van der Waals surface area (Å²) in [7, 11) is -3.72. The highest BCUT2D eigenvalue weighted by Crippen LogP contribution is 2.49. The van der Waals surface area contributed by atoms with Crippen molar-refractivity contribution >= 4 is 31.2 Å². The average molecular weight is 441 g/mol. The number of ether oxygens (including phenoxy) is 2. The molecule has 30 heavy (non-hydrogen) atoms. The minimum absolute atomic E-state index is 0.0115. The molecule has 1 aliphatic rings. The summed E-state index contributed by atoms with van der Waals surface area (Å²) >= 11 is 0. The Morgan fingerprint density at radius 1 is 1.03 bits per heavy atom. The van der Waals surface area contributed by atoms with E-state index < -0.39 is 25.1 Å². The van der Waals surface area contributed by atoms with E-state index in [2.05, 4.69) is 0 Å². The van der Waals surface area contributed by atoms with E-state index in [1.165, 1.54) is 0 Å². The van der Waals surface area contributed by atoms with Crippen LogP contribution in [0.1, 0.15) is 38.8 Å². The fraction of sp³-hybridized carbons (Fsp3) is 0.550. The molecule has 0 radical (unpaired) electrons. The third-order valence-corrected chi connectivity index (χ3v) is 6.96. The lowest BCUT2D eigenvalue weighted by molar-refractivity contribution is -0.178. The van der Waals surface area contributed by atoms with Crippen LogP contribution in [0, 0.1) is 0 Å². The van der Waals surface area contributed by atoms with Gasteiger partial charge in [0.1, 0.15) is 0 Å². The Morgan fingerprint density at radius 2 is 1.60 bits per heavy atom. The van der Waals surface area contributed by atoms with Gasteiger partial charge in [0.05, 0.1) is 31.7 Å². The summed E-state index contributed by atoms with van der Waals surface area (Å²) in [6, 6.07) is 4.99. The Balaban J connectivity index is 2.72. The normalized spacial score (nSPS) is 15.3. The third-order valence-electron chi connectivity index (χ3n) is 4.76. The van der Waals surface area contributed by atoms with Gasteiger partial charge >= 0.3 is 19.5 Å². The number of hydrogen-bond donors (Lipinski definition) is 0. The van der Waals surface area contributed by atoms with E-state index in [0.717, 1.165) is 4.90 Å². The summed E-state index contributed by atoms with van der Waals surface area (Å²) in [5, 5.41) is 0.257. The zero-order valence-electron chi connectivity index (χ0n) is 17.7. The highest BCUT2D eigenvalue weighted by Gasteiger charge is 2.57. The second-order valence-electron chi connectivity index (χ2n) is 6.46. The number of benzene rings is 1. The molecular weight excluding hydrogens is 413 g/mol. The fourth-order valence-electron chi connectivity index (χ4n) is 3.51. The molecule has 0 saturated carbocycles. The van der Waals surface area contributed by atoms with E-state index in [4.69, 9.17) is 18.5 Å². The predicted molar refractivity (Wildman–Crippen MR) is 108 cm³/mol. The molecule has 9 nitrogen and oxygen atoms in total. The zero-order chi connectivity index (χ0) is 22.4. The van der Waals surface area contributed by atoms with Crippen LogP contribution < -0.4 is 5.30 Å². The van der Waals surface area contributed by atoms with Crippen LogP contribution in [0.3, 0.4) is 0 Å². The van der Waals surface area contributed by atoms with Crippen LogP contribution in [0.15, 0.2) is 18.2 Å². The van der Waals surface area contributed by atoms with Crippen molar-refractivity contribution in [3.05, 3.63) is 29.3 Å². The molecule has 0 unspecified atom stereocenters. The lowest BCUT2D eigenvalue weighted by Crippen LogP contribution is -2.64. The van der Waals surface area contributed by atoms with Crippen molar-refractivity contribution in [3.8, 4) is 0 Å². The molecule has 0 fully saturated rings. The molecule has 1 amide bonds. The molecule has 1 heterocycles. The molecule has 0 saturated heterocycles. The van der Waals surface area contributed by atoms with Crippen molar-refractivity contribution in [3.63, 3.8) is 0 Å². The number of hydrogen-bond acceptors (Lipinski definition) is 8. The van der Waals surface area contributed by atoms with Crippen molar-refractivity contribution in [2.75, 3.05) is 26.4 Å². The first kappa shape index (κ1) is 24.1. The Labute approximate surface area is 176 Å². The summed E-state index contributed by atoms with van der Waals surface area (Å²) in [6.07, 6.45) is 0.160. The van der Waals surface area contributed by atoms with Gasteiger partial charge in [-0.15, -0.1) is 0 Å². The number of carbonyl (C=O) groups excluding carboxylic acids is 3. The van der Waals surface area contributed by atoms with Gasteiger partial charge in [-0.25, -0.2) is 9.59 Å². The van der Waals surface area contributed by atoms with Crippen LogP contribution in [0.2, 0.25) is 0 Å². The Kier molecular flexibility index (Phi) is 8.18. The van der Waals surface area contributed by atoms with Gasteiger partial charge in [-0.3, -0.25) is 9.36 Å². The minimum atomic E-state index is -3.72. The molecule has 1 aromatic carbocycles. The van der Waals surface area contributed by atoms with Crippen molar-refractivity contribution in [2.45, 2.75) is 46.2 Å². The Bertz CT molecular complexity index is 812. The largest absolute Gasteiger partial charge is 0.464 e. The number of amides is 1. The van der Waals surface area contributed by atoms with Crippen LogP contribution in [0.5, 0.6) is 0 Å². The molecule has 0 spiro atoms. The van der Waals surface area contributed by atoms with Crippen LogP contribution >= 0.6 is 7.60 Å². The molecule has 10 heteroatoms. The van der Waals surface area contributed by atoms with Gasteiger partial charge in [0.25, 0.3) is 0 Å². The Hall–Kier alpha value is -2.22. The van der Waals surface area contributed by atoms with Gasteiger partial charge in [0, 0.05) is 13.0 Å². The van der Waals surface area contributed by atoms with Crippen LogP contribution in [0.4, 0.5) is 0 Å². The van der Waals surface area contributed by atoms with Crippen molar-refractivity contribution < 1.29 is 37.5 Å². The van der Waals surface area contributed by atoms with Gasteiger partial charge in [-0.1, -0.05) is 12.1 Å². The molecule has 1 aliphatic heterocycles. The number of nitrogens with zero attached hydrogens (tertiary/aromatic N) is 1. The first-order valence-corrected chi connectivity index (χ1v) is 11.5. The average Bonchev–Trinajstić information content (AvgIpc) is 2.72. The number of carbonyl (C=O) groups is 3. The van der Waals surface area contributed by atoms with Crippen molar-refractivity contribution in [1.82, 2.24) is 4.90 Å². The van der Waals surface area contributed by atoms with E-state index in [0.29, 0.717) is 17.5 Å². The predicted octanol–water partition coefficient (Wildman–Crippen LogP) is 1.96. The maximum Gasteiger partial charge on any atom is 0.361 e. The van der Waals surface area contributed by atoms with Gasteiger partial charge in [-0.2, -0.15) is 0 Å². The quantitative estimate of drug-likeness (QED) is 0.235. The SMILES string of the molecule is CCOC(=O)C1(C(=O)OCC)Cc2c(cccc2P(=O)(OCC)OCC)CN1C=O. The molecule has 0 bridgehead atoms. The molecule has 0 aliphatic carbocycles. The molecular formula is C20H28NO8P. The highest BCUT2D eigenvalue weighted by molar-refractivity contribution is 7.62. The first-order chi connectivity index (χ1) is 14.3. The standard InChI is InChI=1S/C20H28NO8P/c1-5-26-18(23)20(19(24)27-6-2)12-16-15(13-21(20)14-22)10-9-11-17(16)30(25,28-7-3)29-8-4/h9-11,14H,5-8,12-13H2,1-4H3. The van der Waals surface area contributed by atoms with Crippen molar-refractivity contribution in [2.24, 2.45) is 0 Å². The topological polar surface area (TPSA) is 108 Å². The monoisotopic (exact) mass is 441 g/mol. The van der Waals surface area contributed by atoms with Gasteiger partial charge in [0.2, 0.25) is 11.9 Å². The molecule has 0 aromatic heterocycles. The molecule has 2 rings (SSSR count). The number of fused-ring (bicyclic) bond motifs is 1. The van der Waals surface area contributed by atoms with E-state index in [-0.39, 0.29) is 44.7 Å². The van der Waals surface area contributed by atoms with Crippen LogP contribution in [-0.2, 0) is 50.4 Å². The first-order valence-electron chi connectivity index (χ1n) is 9.91. The van der Waals surface area contributed by atoms with Crippen molar-refractivity contribution in [1.29, 1.82) is 0 Å². The van der Waals surface area contributed by atoms with E-state index >= 15 is 0 Å². The highest BCUT2D eigenvalue weighted by atomic mass is 31.2. The smallest absolute Gasteiger partial charge is 0.361 e. The molecule has 166 valence electrons. The summed E-state index contributed by atoms with van der Waals surface area (Å²) in [5.74, 6) is -1.81. The summed E-state index contributed by atoms with van der Waals surface area (Å²) < 4.78 is 34.7. The maximum absolute atomic E-state index is 13.5. The Morgan fingerprint density at radius 3 is 2.07 bits per heavy atom. The lowest BCUT2D eigenvalue weighted by Gasteiger charge is -2.42. The van der Waals surface area contributed by atoms with E-state index in [9.17, 15) is 18.9 Å². The van der Waals surface area contributed by atoms with Gasteiger partial charge in [0.15, 0.2) is 0 Å². The molecule has 0 N–H and O–H groups in total. The van der Waals surface area contributed by atoms with E-state index in [1.807, 2.05) is 0 Å². The van der Waals surface area contributed by atoms with Crippen LogP contribution in [0.25, 0.3) is 0 Å². The number of esters is 2. The van der Waals surface area contributed by atoms with E-state index in [1.54, 1.807) is 45.9 Å². The lowest BCUT2D eigenvalue weighted by atomic mass is 9.82. The summed E-state index contributed by atoms with van der Waals surface area (Å²) in [4.78, 5) is 38.9. The zero-order valence-corrected chi connectivity index (χ0v) is 18.6. The third kappa shape index (κ3) is 4.29. The second kappa shape index (κ2) is 10.2. The fourth-order valence-corrected chi connectivity index (χ4v) is 5.37. The maximum atomic E-state index is 13.5. The number of rotatable bonds is 10. The van der Waals surface area contributed by atoms with Crippen LogP contribution in [-0.4, -0.2) is 55.2 Å². The second-order valence-corrected chi connectivity index (χ2v) is 8.45. The van der Waals surface area contributed by atoms with Gasteiger partial charge in [-0.05, 0) is 44.9 Å². The molecule has 1 aromatic rings. The molecule has 0 atom stereocenters. The minimum Gasteiger partial charge on any atom is -0.464 e.